The molecule has 1 fully saturated rings. The average molecular weight is 200 g/mol. The lowest BCUT2D eigenvalue weighted by Crippen LogP contribution is -2.51. The first-order chi connectivity index (χ1) is 6.47. The fourth-order valence-electron chi connectivity index (χ4n) is 1.22. The fraction of sp³-hybridized carbons (Fsp3) is 0.889. The molecule has 0 aromatic rings. The van der Waals surface area contributed by atoms with Crippen molar-refractivity contribution in [3.8, 4) is 0 Å². The molecular formula is C9H20N4O. The molecule has 1 aliphatic heterocycles. The number of nitrogens with zero attached hydrogens (tertiary/aromatic N) is 2. The molecule has 0 radical (unpaired) electrons. The molecule has 0 saturated carbocycles. The predicted molar refractivity (Wildman–Crippen MR) is 56.9 cm³/mol. The van der Waals surface area contributed by atoms with Crippen molar-refractivity contribution in [2.75, 3.05) is 26.3 Å². The summed E-state index contributed by atoms with van der Waals surface area (Å²) in [6.45, 7) is 9.23. The molecule has 0 spiro atoms. The number of hydrogen-bond donors (Lipinski definition) is 2. The first kappa shape index (κ1) is 11.3. The second-order valence-electron chi connectivity index (χ2n) is 4.38. The Balaban J connectivity index is 2.39. The number of guanidine groups is 1. The molecule has 0 amide bonds. The molecule has 82 valence electrons. The van der Waals surface area contributed by atoms with E-state index in [0.717, 1.165) is 26.3 Å². The van der Waals surface area contributed by atoms with Crippen molar-refractivity contribution in [3.05, 3.63) is 0 Å². The van der Waals surface area contributed by atoms with Crippen molar-refractivity contribution < 1.29 is 4.74 Å². The van der Waals surface area contributed by atoms with Crippen LogP contribution >= 0.6 is 0 Å². The van der Waals surface area contributed by atoms with Gasteiger partial charge in [0, 0.05) is 13.1 Å². The summed E-state index contributed by atoms with van der Waals surface area (Å²) >= 11 is 0. The molecule has 0 aliphatic carbocycles. The Morgan fingerprint density at radius 3 is 2.43 bits per heavy atom. The van der Waals surface area contributed by atoms with E-state index in [0.29, 0.717) is 5.96 Å². The van der Waals surface area contributed by atoms with Gasteiger partial charge in [0.2, 0.25) is 5.96 Å². The average Bonchev–Trinajstić information content (AvgIpc) is 2.02. The van der Waals surface area contributed by atoms with Crippen LogP contribution in [0.3, 0.4) is 0 Å². The summed E-state index contributed by atoms with van der Waals surface area (Å²) < 4.78 is 5.22. The van der Waals surface area contributed by atoms with Crippen LogP contribution < -0.4 is 11.2 Å². The van der Waals surface area contributed by atoms with Crippen LogP contribution in [0.2, 0.25) is 0 Å². The van der Waals surface area contributed by atoms with Crippen molar-refractivity contribution in [2.45, 2.75) is 26.3 Å². The van der Waals surface area contributed by atoms with Crippen molar-refractivity contribution in [2.24, 2.45) is 10.7 Å². The molecule has 5 nitrogen and oxygen atoms in total. The van der Waals surface area contributed by atoms with Gasteiger partial charge in [-0.05, 0) is 20.8 Å². The molecule has 1 aliphatic rings. The Labute approximate surface area is 85.3 Å². The monoisotopic (exact) mass is 200 g/mol. The summed E-state index contributed by atoms with van der Waals surface area (Å²) in [6.07, 6.45) is 0. The SMILES string of the molecule is CC(C)(C)N=C(N)NN1CCOCC1. The number of nitrogens with one attached hydrogen (secondary N) is 1. The van der Waals surface area contributed by atoms with E-state index >= 15 is 0 Å². The summed E-state index contributed by atoms with van der Waals surface area (Å²) in [5.74, 6) is 0.472. The van der Waals surface area contributed by atoms with Gasteiger partial charge in [0.1, 0.15) is 0 Å². The maximum absolute atomic E-state index is 5.75. The van der Waals surface area contributed by atoms with Crippen LogP contribution in [0.5, 0.6) is 0 Å². The number of hydrazine groups is 1. The maximum atomic E-state index is 5.75. The van der Waals surface area contributed by atoms with Crippen molar-refractivity contribution in [1.29, 1.82) is 0 Å². The van der Waals surface area contributed by atoms with Crippen LogP contribution in [0.15, 0.2) is 4.99 Å². The topological polar surface area (TPSA) is 62.9 Å². The molecule has 0 aromatic carbocycles. The molecule has 14 heavy (non-hydrogen) atoms. The number of aliphatic imine (C=N–C) groups is 1. The van der Waals surface area contributed by atoms with E-state index in [1.54, 1.807) is 0 Å². The van der Waals surface area contributed by atoms with Gasteiger partial charge in [-0.3, -0.25) is 5.43 Å². The Morgan fingerprint density at radius 1 is 1.36 bits per heavy atom. The van der Waals surface area contributed by atoms with Gasteiger partial charge in [0.05, 0.1) is 18.8 Å². The normalized spacial score (nSPS) is 20.9. The van der Waals surface area contributed by atoms with Crippen LogP contribution in [0.1, 0.15) is 20.8 Å². The molecule has 0 bridgehead atoms. The highest BCUT2D eigenvalue weighted by Crippen LogP contribution is 2.05. The minimum atomic E-state index is -0.136. The summed E-state index contributed by atoms with van der Waals surface area (Å²) in [5, 5.41) is 2.02. The largest absolute Gasteiger partial charge is 0.379 e. The van der Waals surface area contributed by atoms with E-state index in [9.17, 15) is 0 Å². The van der Waals surface area contributed by atoms with Crippen molar-refractivity contribution in [3.63, 3.8) is 0 Å². The van der Waals surface area contributed by atoms with Crippen molar-refractivity contribution in [1.82, 2.24) is 10.4 Å². The summed E-state index contributed by atoms with van der Waals surface area (Å²) in [5.41, 5.74) is 8.67. The zero-order chi connectivity index (χ0) is 10.6. The highest BCUT2D eigenvalue weighted by atomic mass is 16.5. The molecule has 1 saturated heterocycles. The van der Waals surface area contributed by atoms with Crippen LogP contribution in [-0.2, 0) is 4.74 Å². The smallest absolute Gasteiger partial charge is 0.203 e. The third-order valence-electron chi connectivity index (χ3n) is 1.74. The zero-order valence-electron chi connectivity index (χ0n) is 9.21. The first-order valence-electron chi connectivity index (χ1n) is 4.92. The summed E-state index contributed by atoms with van der Waals surface area (Å²) in [4.78, 5) is 4.30. The second-order valence-corrected chi connectivity index (χ2v) is 4.38. The number of rotatable bonds is 1. The van der Waals surface area contributed by atoms with Crippen molar-refractivity contribution >= 4 is 5.96 Å². The quantitative estimate of drug-likeness (QED) is 0.460. The minimum Gasteiger partial charge on any atom is -0.379 e. The zero-order valence-corrected chi connectivity index (χ0v) is 9.21. The van der Waals surface area contributed by atoms with Crippen LogP contribution in [0.25, 0.3) is 0 Å². The standard InChI is InChI=1S/C9H20N4O/c1-9(2,3)11-8(10)12-13-4-6-14-7-5-13/h4-7H2,1-3H3,(H3,10,11,12). The fourth-order valence-corrected chi connectivity index (χ4v) is 1.22. The predicted octanol–water partition coefficient (Wildman–Crippen LogP) is -0.0636. The number of ether oxygens (including phenoxy) is 1. The molecular weight excluding hydrogens is 180 g/mol. The minimum absolute atomic E-state index is 0.136. The lowest BCUT2D eigenvalue weighted by atomic mass is 10.1. The third-order valence-corrected chi connectivity index (χ3v) is 1.74. The van der Waals surface area contributed by atoms with Crippen LogP contribution in [-0.4, -0.2) is 42.8 Å². The van der Waals surface area contributed by atoms with Gasteiger partial charge in [0.15, 0.2) is 0 Å². The Bertz CT molecular complexity index is 203. The summed E-state index contributed by atoms with van der Waals surface area (Å²) in [6, 6.07) is 0. The van der Waals surface area contributed by atoms with Gasteiger partial charge in [-0.2, -0.15) is 0 Å². The van der Waals surface area contributed by atoms with E-state index in [4.69, 9.17) is 10.5 Å². The van der Waals surface area contributed by atoms with Crippen LogP contribution in [0.4, 0.5) is 0 Å². The van der Waals surface area contributed by atoms with E-state index in [-0.39, 0.29) is 5.54 Å². The van der Waals surface area contributed by atoms with E-state index in [1.807, 2.05) is 25.8 Å². The Kier molecular flexibility index (Phi) is 3.71. The first-order valence-corrected chi connectivity index (χ1v) is 4.92. The van der Waals surface area contributed by atoms with Crippen LogP contribution in [0, 0.1) is 0 Å². The second kappa shape index (κ2) is 4.61. The Hall–Kier alpha value is -0.810. The summed E-state index contributed by atoms with van der Waals surface area (Å²) in [7, 11) is 0. The number of morpholine rings is 1. The van der Waals surface area contributed by atoms with Gasteiger partial charge in [0.25, 0.3) is 0 Å². The molecule has 5 heteroatoms. The van der Waals surface area contributed by atoms with Gasteiger partial charge in [-0.15, -0.1) is 0 Å². The lowest BCUT2D eigenvalue weighted by Gasteiger charge is -2.28. The number of hydrogen-bond acceptors (Lipinski definition) is 3. The highest BCUT2D eigenvalue weighted by Gasteiger charge is 2.12. The third kappa shape index (κ3) is 4.43. The molecule has 3 N–H and O–H groups in total. The molecule has 0 unspecified atom stereocenters. The number of nitrogens with two attached hydrogens (primary N) is 1. The van der Waals surface area contributed by atoms with Gasteiger partial charge in [-0.25, -0.2) is 10.0 Å². The Morgan fingerprint density at radius 2 is 1.93 bits per heavy atom. The van der Waals surface area contributed by atoms with E-state index < -0.39 is 0 Å². The molecule has 1 rings (SSSR count). The lowest BCUT2D eigenvalue weighted by molar-refractivity contribution is 0.0245. The molecule has 0 atom stereocenters. The van der Waals surface area contributed by atoms with Gasteiger partial charge < -0.3 is 10.5 Å². The van der Waals surface area contributed by atoms with E-state index in [1.165, 1.54) is 0 Å². The van der Waals surface area contributed by atoms with E-state index in [2.05, 4.69) is 10.4 Å². The molecule has 0 aromatic heterocycles. The van der Waals surface area contributed by atoms with Gasteiger partial charge in [-0.1, -0.05) is 0 Å². The maximum Gasteiger partial charge on any atom is 0.203 e. The van der Waals surface area contributed by atoms with Gasteiger partial charge >= 0.3 is 0 Å². The highest BCUT2D eigenvalue weighted by molar-refractivity contribution is 5.77. The molecule has 1 heterocycles.